The second-order valence-corrected chi connectivity index (χ2v) is 10.2. The molecule has 0 spiro atoms. The molecule has 1 unspecified atom stereocenters. The van der Waals surface area contributed by atoms with E-state index in [1.165, 1.54) is 35.3 Å². The predicted molar refractivity (Wildman–Crippen MR) is 136 cm³/mol. The number of carboxylic acids is 1. The number of hydrogen-bond acceptors (Lipinski definition) is 10. The molecule has 2 atom stereocenters. The largest absolute Gasteiger partial charge is 0.502 e. The standard InChI is InChI=1S/C23H20N6O6S2/c1-35-27-16(14-10-37-23(24)25-14)19(31)26-17-20(32)29-18(22(33)34)12(9-36-21(17)29)7-28-6-11-4-2-3-5-13(11)15(30)8-28/h2-6,8,10,17,21H,7,9H2,1H3,(H4-,24,25,26,30,31,33,34)/p+1/b27-16-/t17?,21-/m1/s1. The average molecular weight is 542 g/mol. The number of thioether (sulfide) groups is 1. The average Bonchev–Trinajstić information content (AvgIpc) is 3.31. The number of nitrogen functional groups attached to an aromatic ring is 1. The number of anilines is 1. The highest BCUT2D eigenvalue weighted by atomic mass is 32.2. The van der Waals surface area contributed by atoms with Crippen molar-refractivity contribution >= 4 is 62.5 Å². The fourth-order valence-corrected chi connectivity index (χ4v) is 6.19. The molecule has 2 aliphatic rings. The Morgan fingerprint density at radius 1 is 1.35 bits per heavy atom. The van der Waals surface area contributed by atoms with Gasteiger partial charge in [-0.2, -0.15) is 4.57 Å². The highest BCUT2D eigenvalue weighted by molar-refractivity contribution is 8.00. The molecule has 0 aliphatic carbocycles. The van der Waals surface area contributed by atoms with Gasteiger partial charge in [-0.25, -0.2) is 9.78 Å². The van der Waals surface area contributed by atoms with Gasteiger partial charge in [-0.1, -0.05) is 23.4 Å². The molecule has 5 N–H and O–H groups in total. The molecule has 14 heteroatoms. The molecule has 0 radical (unpaired) electrons. The van der Waals surface area contributed by atoms with E-state index in [1.807, 2.05) is 18.2 Å². The van der Waals surface area contributed by atoms with Crippen molar-refractivity contribution in [2.45, 2.75) is 18.0 Å². The van der Waals surface area contributed by atoms with Crippen molar-refractivity contribution in [2.75, 3.05) is 18.6 Å². The molecular weight excluding hydrogens is 520 g/mol. The normalized spacial score (nSPS) is 19.4. The summed E-state index contributed by atoms with van der Waals surface area (Å²) >= 11 is 2.46. The van der Waals surface area contributed by atoms with Crippen LogP contribution in [0.1, 0.15) is 5.69 Å². The summed E-state index contributed by atoms with van der Waals surface area (Å²) in [5.74, 6) is -2.12. The number of aromatic hydroxyl groups is 1. The number of β-lactam (4-membered cyclic amide) rings is 1. The molecule has 37 heavy (non-hydrogen) atoms. The van der Waals surface area contributed by atoms with Gasteiger partial charge in [0.1, 0.15) is 29.9 Å². The number of benzene rings is 1. The van der Waals surface area contributed by atoms with Crippen LogP contribution in [0, 0.1) is 0 Å². The molecule has 3 aromatic rings. The van der Waals surface area contributed by atoms with E-state index >= 15 is 0 Å². The SMILES string of the molecule is CO/N=C(\C(=O)NC1C(=O)N2C(C(=O)O)=C(C[n+]3cc(O)c4ccccc4c3)CS[C@H]12)c1csc(N)n1. The smallest absolute Gasteiger partial charge is 0.352 e. The first kappa shape index (κ1) is 24.5. The summed E-state index contributed by atoms with van der Waals surface area (Å²) in [6.45, 7) is 0.163. The number of nitrogens with one attached hydrogen (secondary N) is 1. The maximum atomic E-state index is 13.0. The molecule has 2 amide bonds. The number of thiazole rings is 1. The van der Waals surface area contributed by atoms with Crippen molar-refractivity contribution < 1.29 is 34.0 Å². The number of nitrogens with two attached hydrogens (primary N) is 1. The van der Waals surface area contributed by atoms with Crippen LogP contribution in [-0.2, 0) is 25.8 Å². The van der Waals surface area contributed by atoms with E-state index in [0.717, 1.165) is 16.7 Å². The first-order chi connectivity index (χ1) is 17.8. The Balaban J connectivity index is 1.38. The number of carboxylic acid groups (broad SMARTS) is 1. The van der Waals surface area contributed by atoms with Crippen LogP contribution in [0.2, 0.25) is 0 Å². The molecule has 2 aliphatic heterocycles. The summed E-state index contributed by atoms with van der Waals surface area (Å²) in [4.78, 5) is 48.1. The molecule has 1 fully saturated rings. The summed E-state index contributed by atoms with van der Waals surface area (Å²) in [5.41, 5.74) is 6.08. The molecule has 1 saturated heterocycles. The third-order valence-corrected chi connectivity index (χ3v) is 7.92. The summed E-state index contributed by atoms with van der Waals surface area (Å²) < 4.78 is 1.69. The van der Waals surface area contributed by atoms with Gasteiger partial charge in [-0.05, 0) is 6.07 Å². The lowest BCUT2D eigenvalue weighted by atomic mass is 10.0. The topological polar surface area (TPSA) is 171 Å². The monoisotopic (exact) mass is 541 g/mol. The number of carbonyl (C=O) groups is 3. The molecule has 0 bridgehead atoms. The van der Waals surface area contributed by atoms with Crippen LogP contribution in [0.3, 0.4) is 0 Å². The molecule has 2 aromatic heterocycles. The Kier molecular flexibility index (Phi) is 6.43. The van der Waals surface area contributed by atoms with Gasteiger partial charge in [-0.3, -0.25) is 14.5 Å². The number of aliphatic carboxylic acids is 1. The van der Waals surface area contributed by atoms with Gasteiger partial charge in [0.15, 0.2) is 29.3 Å². The zero-order valence-electron chi connectivity index (χ0n) is 19.3. The third-order valence-electron chi connectivity index (χ3n) is 5.90. The summed E-state index contributed by atoms with van der Waals surface area (Å²) in [6, 6.07) is 6.34. The lowest BCUT2D eigenvalue weighted by Crippen LogP contribution is -2.71. The summed E-state index contributed by atoms with van der Waals surface area (Å²) in [7, 11) is 1.27. The van der Waals surface area contributed by atoms with E-state index in [-0.39, 0.29) is 34.5 Å². The van der Waals surface area contributed by atoms with Gasteiger partial charge in [0, 0.05) is 27.5 Å². The van der Waals surface area contributed by atoms with Crippen molar-refractivity contribution in [1.82, 2.24) is 15.2 Å². The van der Waals surface area contributed by atoms with Crippen molar-refractivity contribution in [3.63, 3.8) is 0 Å². The Bertz CT molecular complexity index is 1500. The first-order valence-corrected chi connectivity index (χ1v) is 12.9. The van der Waals surface area contributed by atoms with Crippen LogP contribution < -0.4 is 15.6 Å². The lowest BCUT2D eigenvalue weighted by molar-refractivity contribution is -0.688. The number of oxime groups is 1. The second-order valence-electron chi connectivity index (χ2n) is 8.21. The van der Waals surface area contributed by atoms with Crippen LogP contribution in [-0.4, -0.2) is 67.9 Å². The molecule has 1 aromatic carbocycles. The van der Waals surface area contributed by atoms with Gasteiger partial charge >= 0.3 is 5.97 Å². The summed E-state index contributed by atoms with van der Waals surface area (Å²) in [6.07, 6.45) is 3.33. The quantitative estimate of drug-likeness (QED) is 0.145. The minimum Gasteiger partial charge on any atom is -0.502 e. The zero-order valence-corrected chi connectivity index (χ0v) is 21.0. The van der Waals surface area contributed by atoms with Gasteiger partial charge in [0.05, 0.1) is 0 Å². The van der Waals surface area contributed by atoms with Crippen molar-refractivity contribution in [1.29, 1.82) is 0 Å². The maximum absolute atomic E-state index is 13.0. The fourth-order valence-electron chi connectivity index (χ4n) is 4.30. The Morgan fingerprint density at radius 3 is 2.84 bits per heavy atom. The summed E-state index contributed by atoms with van der Waals surface area (Å²) in [5, 5.41) is 29.3. The number of amides is 2. The number of nitrogens with zero attached hydrogens (tertiary/aromatic N) is 4. The lowest BCUT2D eigenvalue weighted by Gasteiger charge is -2.49. The van der Waals surface area contributed by atoms with E-state index < -0.39 is 29.2 Å². The highest BCUT2D eigenvalue weighted by Gasteiger charge is 2.54. The van der Waals surface area contributed by atoms with Crippen LogP contribution >= 0.6 is 23.1 Å². The number of fused-ring (bicyclic) bond motifs is 2. The Hall–Kier alpha value is -4.17. The highest BCUT2D eigenvalue weighted by Crippen LogP contribution is 2.40. The number of aromatic nitrogens is 2. The molecule has 5 rings (SSSR count). The Labute approximate surface area is 218 Å². The minimum absolute atomic E-state index is 0.0649. The third kappa shape index (κ3) is 4.44. The first-order valence-electron chi connectivity index (χ1n) is 10.9. The van der Waals surface area contributed by atoms with E-state index in [9.17, 15) is 24.6 Å². The van der Waals surface area contributed by atoms with Crippen molar-refractivity contribution in [3.05, 3.63) is 59.0 Å². The van der Waals surface area contributed by atoms with Crippen LogP contribution in [0.5, 0.6) is 5.75 Å². The molecule has 0 saturated carbocycles. The number of hydrogen-bond donors (Lipinski definition) is 4. The number of rotatable bonds is 7. The van der Waals surface area contributed by atoms with E-state index in [4.69, 9.17) is 10.6 Å². The van der Waals surface area contributed by atoms with Crippen molar-refractivity contribution in [2.24, 2.45) is 5.16 Å². The van der Waals surface area contributed by atoms with Gasteiger partial charge in [0.2, 0.25) is 6.20 Å². The van der Waals surface area contributed by atoms with Crippen LogP contribution in [0.25, 0.3) is 10.8 Å². The fraction of sp³-hybridized carbons (Fsp3) is 0.217. The van der Waals surface area contributed by atoms with Crippen molar-refractivity contribution in [3.8, 4) is 5.75 Å². The zero-order chi connectivity index (χ0) is 26.3. The Morgan fingerprint density at radius 2 is 2.14 bits per heavy atom. The predicted octanol–water partition coefficient (Wildman–Crippen LogP) is 0.661. The number of carbonyl (C=O) groups excluding carboxylic acids is 2. The molecule has 190 valence electrons. The van der Waals surface area contributed by atoms with E-state index in [2.05, 4.69) is 15.5 Å². The van der Waals surface area contributed by atoms with E-state index in [0.29, 0.717) is 16.7 Å². The number of pyridine rings is 1. The van der Waals surface area contributed by atoms with Gasteiger partial charge < -0.3 is 26.1 Å². The van der Waals surface area contributed by atoms with E-state index in [1.54, 1.807) is 16.8 Å². The van der Waals surface area contributed by atoms with Gasteiger partial charge in [0.25, 0.3) is 11.8 Å². The second kappa shape index (κ2) is 9.71. The van der Waals surface area contributed by atoms with Crippen LogP contribution in [0.15, 0.2) is 58.5 Å². The molecule has 12 nitrogen and oxygen atoms in total. The maximum Gasteiger partial charge on any atom is 0.352 e. The minimum atomic E-state index is -1.25. The van der Waals surface area contributed by atoms with Gasteiger partial charge in [-0.15, -0.1) is 23.1 Å². The van der Waals surface area contributed by atoms with Crippen LogP contribution in [0.4, 0.5) is 5.13 Å². The molecular formula is C23H21N6O6S2+. The molecule has 4 heterocycles.